The molecule has 1 aromatic rings. The van der Waals surface area contributed by atoms with Gasteiger partial charge < -0.3 is 10.0 Å². The Morgan fingerprint density at radius 2 is 1.92 bits per heavy atom. The second-order valence-electron chi connectivity index (χ2n) is 2.48. The second-order valence-corrected chi connectivity index (χ2v) is 2.48. The van der Waals surface area contributed by atoms with E-state index in [0.29, 0.717) is 0 Å². The van der Waals surface area contributed by atoms with E-state index in [-0.39, 0.29) is 5.69 Å². The first kappa shape index (κ1) is 10.1. The Balaban J connectivity index is 3.23. The fraction of sp³-hybridized carbons (Fsp3) is 0.400. The molecular weight excluding hydrogens is 188 g/mol. The maximum absolute atomic E-state index is 12.1. The van der Waals surface area contributed by atoms with Gasteiger partial charge in [0.2, 0.25) is 0 Å². The quantitative estimate of drug-likeness (QED) is 0.523. The minimum Gasteiger partial charge on any atom is -0.423 e. The highest BCUT2D eigenvalue weighted by atomic mass is 19.4. The molecule has 8 heteroatoms. The van der Waals surface area contributed by atoms with Crippen molar-refractivity contribution in [3.63, 3.8) is 0 Å². The summed E-state index contributed by atoms with van der Waals surface area (Å²) in [7, 11) is -2.17. The minimum absolute atomic E-state index is 0.0117. The van der Waals surface area contributed by atoms with Gasteiger partial charge >= 0.3 is 13.3 Å². The van der Waals surface area contributed by atoms with Crippen LogP contribution in [0.5, 0.6) is 0 Å². The van der Waals surface area contributed by atoms with Gasteiger partial charge in [-0.3, -0.25) is 5.10 Å². The zero-order valence-corrected chi connectivity index (χ0v) is 6.55. The van der Waals surface area contributed by atoms with Crippen LogP contribution < -0.4 is 5.46 Å². The molecule has 0 unspecified atom stereocenters. The van der Waals surface area contributed by atoms with Gasteiger partial charge in [0.05, 0.1) is 0 Å². The average Bonchev–Trinajstić information content (AvgIpc) is 2.28. The molecule has 0 saturated carbocycles. The summed E-state index contributed by atoms with van der Waals surface area (Å²) < 4.78 is 36.4. The maximum Gasteiger partial charge on any atom is 0.492 e. The van der Waals surface area contributed by atoms with Crippen molar-refractivity contribution in [2.45, 2.75) is 13.1 Å². The Labute approximate surface area is 71.5 Å². The third-order valence-corrected chi connectivity index (χ3v) is 1.52. The minimum atomic E-state index is -4.68. The fourth-order valence-electron chi connectivity index (χ4n) is 0.970. The van der Waals surface area contributed by atoms with E-state index in [0.717, 1.165) is 0 Å². The summed E-state index contributed by atoms with van der Waals surface area (Å²) in [6, 6.07) is 0. The van der Waals surface area contributed by atoms with Gasteiger partial charge in [-0.15, -0.1) is 0 Å². The lowest BCUT2D eigenvalue weighted by molar-refractivity contribution is -0.140. The predicted molar refractivity (Wildman–Crippen MR) is 38.2 cm³/mol. The Hall–Kier alpha value is -1.02. The number of aromatic amines is 1. The lowest BCUT2D eigenvalue weighted by atomic mass is 9.78. The van der Waals surface area contributed by atoms with E-state index >= 15 is 0 Å². The average molecular weight is 194 g/mol. The van der Waals surface area contributed by atoms with Crippen molar-refractivity contribution in [1.29, 1.82) is 0 Å². The lowest BCUT2D eigenvalue weighted by Crippen LogP contribution is -2.36. The normalized spacial score (nSPS) is 11.8. The van der Waals surface area contributed by atoms with Gasteiger partial charge in [-0.25, -0.2) is 0 Å². The van der Waals surface area contributed by atoms with E-state index in [9.17, 15) is 13.2 Å². The highest BCUT2D eigenvalue weighted by molar-refractivity contribution is 6.59. The van der Waals surface area contributed by atoms with Gasteiger partial charge in [0.25, 0.3) is 0 Å². The zero-order chi connectivity index (χ0) is 10.2. The number of hydrogen-bond acceptors (Lipinski definition) is 3. The molecule has 1 rings (SSSR count). The van der Waals surface area contributed by atoms with E-state index in [2.05, 4.69) is 5.10 Å². The van der Waals surface area contributed by atoms with Gasteiger partial charge in [0, 0.05) is 11.2 Å². The molecule has 13 heavy (non-hydrogen) atoms. The summed E-state index contributed by atoms with van der Waals surface area (Å²) in [5, 5.41) is 22.2. The number of alkyl halides is 3. The van der Waals surface area contributed by atoms with Crippen molar-refractivity contribution in [2.24, 2.45) is 0 Å². The van der Waals surface area contributed by atoms with E-state index in [1.54, 1.807) is 0 Å². The van der Waals surface area contributed by atoms with E-state index in [4.69, 9.17) is 10.0 Å². The monoisotopic (exact) mass is 194 g/mol. The number of aromatic nitrogens is 2. The number of aryl methyl sites for hydroxylation is 1. The third-order valence-electron chi connectivity index (χ3n) is 1.52. The molecule has 0 bridgehead atoms. The topological polar surface area (TPSA) is 69.1 Å². The van der Waals surface area contributed by atoms with Crippen LogP contribution in [0.15, 0.2) is 0 Å². The highest BCUT2D eigenvalue weighted by Crippen LogP contribution is 2.26. The van der Waals surface area contributed by atoms with Crippen LogP contribution in [0.1, 0.15) is 11.4 Å². The van der Waals surface area contributed by atoms with Crippen LogP contribution >= 0.6 is 0 Å². The Kier molecular flexibility index (Phi) is 2.35. The molecule has 3 N–H and O–H groups in total. The van der Waals surface area contributed by atoms with Crippen LogP contribution in [0.4, 0.5) is 13.2 Å². The van der Waals surface area contributed by atoms with Gasteiger partial charge in [-0.1, -0.05) is 0 Å². The molecule has 0 aliphatic carbocycles. The molecule has 0 aromatic carbocycles. The van der Waals surface area contributed by atoms with Crippen molar-refractivity contribution in [3.8, 4) is 0 Å². The standard InChI is InChI=1S/C5H6BF3N2O2/c1-2-3(6(12)13)4(11-10-2)5(7,8)9/h12-13H,1H3,(H,10,11). The number of nitrogens with zero attached hydrogens (tertiary/aromatic N) is 1. The Morgan fingerprint density at radius 1 is 1.38 bits per heavy atom. The largest absolute Gasteiger partial charge is 0.492 e. The molecule has 1 aromatic heterocycles. The first-order valence-electron chi connectivity index (χ1n) is 3.32. The van der Waals surface area contributed by atoms with E-state index < -0.39 is 24.5 Å². The lowest BCUT2D eigenvalue weighted by Gasteiger charge is -2.05. The fourth-order valence-corrected chi connectivity index (χ4v) is 0.970. The maximum atomic E-state index is 12.1. The Morgan fingerprint density at radius 3 is 2.23 bits per heavy atom. The molecule has 0 aliphatic rings. The van der Waals surface area contributed by atoms with Crippen molar-refractivity contribution in [1.82, 2.24) is 10.2 Å². The van der Waals surface area contributed by atoms with Crippen LogP contribution in [0.25, 0.3) is 0 Å². The van der Waals surface area contributed by atoms with E-state index in [1.807, 2.05) is 5.10 Å². The van der Waals surface area contributed by atoms with Crippen molar-refractivity contribution < 1.29 is 23.2 Å². The van der Waals surface area contributed by atoms with Crippen LogP contribution in [-0.4, -0.2) is 27.4 Å². The van der Waals surface area contributed by atoms with Crippen LogP contribution in [0, 0.1) is 6.92 Å². The molecule has 0 atom stereocenters. The molecule has 0 aliphatic heterocycles. The van der Waals surface area contributed by atoms with Crippen molar-refractivity contribution in [3.05, 3.63) is 11.4 Å². The molecule has 0 spiro atoms. The number of halogens is 3. The summed E-state index contributed by atoms with van der Waals surface area (Å²) in [6.45, 7) is 1.27. The molecule has 0 fully saturated rings. The van der Waals surface area contributed by atoms with Crippen LogP contribution in [0.3, 0.4) is 0 Å². The summed E-state index contributed by atoms with van der Waals surface area (Å²) >= 11 is 0. The van der Waals surface area contributed by atoms with Gasteiger partial charge in [-0.2, -0.15) is 18.3 Å². The number of H-pyrrole nitrogens is 1. The molecule has 4 nitrogen and oxygen atoms in total. The molecule has 0 radical (unpaired) electrons. The summed E-state index contributed by atoms with van der Waals surface area (Å²) in [5.74, 6) is 0. The second kappa shape index (κ2) is 3.04. The first-order valence-corrected chi connectivity index (χ1v) is 3.32. The Bertz CT molecular complexity index is 309. The summed E-state index contributed by atoms with van der Waals surface area (Å²) in [6.07, 6.45) is -4.68. The molecule has 72 valence electrons. The van der Waals surface area contributed by atoms with E-state index in [1.165, 1.54) is 6.92 Å². The smallest absolute Gasteiger partial charge is 0.423 e. The first-order chi connectivity index (χ1) is 5.84. The molecular formula is C5H6BF3N2O2. The number of rotatable bonds is 1. The summed E-state index contributed by atoms with van der Waals surface area (Å²) in [5.41, 5.74) is -1.94. The number of hydrogen-bond donors (Lipinski definition) is 3. The molecule has 0 saturated heterocycles. The van der Waals surface area contributed by atoms with Gasteiger partial charge in [0.15, 0.2) is 5.69 Å². The molecule has 1 heterocycles. The third kappa shape index (κ3) is 1.83. The van der Waals surface area contributed by atoms with Crippen molar-refractivity contribution >= 4 is 12.6 Å². The van der Waals surface area contributed by atoms with Gasteiger partial charge in [0.1, 0.15) is 0 Å². The SMILES string of the molecule is Cc1[nH]nc(C(F)(F)F)c1B(O)O. The van der Waals surface area contributed by atoms with Crippen LogP contribution in [0.2, 0.25) is 0 Å². The molecule has 0 amide bonds. The van der Waals surface area contributed by atoms with Gasteiger partial charge in [-0.05, 0) is 6.92 Å². The predicted octanol–water partition coefficient (Wildman–Crippen LogP) is -0.583. The summed E-state index contributed by atoms with van der Waals surface area (Å²) in [4.78, 5) is 0. The zero-order valence-electron chi connectivity index (χ0n) is 6.55. The van der Waals surface area contributed by atoms with Crippen molar-refractivity contribution in [2.75, 3.05) is 0 Å². The highest BCUT2D eigenvalue weighted by Gasteiger charge is 2.40. The number of nitrogens with one attached hydrogen (secondary N) is 1. The van der Waals surface area contributed by atoms with Crippen LogP contribution in [-0.2, 0) is 6.18 Å².